The second-order valence-electron chi connectivity index (χ2n) is 5.64. The summed E-state index contributed by atoms with van der Waals surface area (Å²) >= 11 is 0. The average Bonchev–Trinajstić information content (AvgIpc) is 2.93. The predicted octanol–water partition coefficient (Wildman–Crippen LogP) is 2.94. The third-order valence-corrected chi connectivity index (χ3v) is 3.15. The maximum atomic E-state index is 12.1. The van der Waals surface area contributed by atoms with Crippen molar-refractivity contribution in [2.75, 3.05) is 6.61 Å². The molecule has 118 valence electrons. The molecule has 2 rings (SSSR count). The highest BCUT2D eigenvalue weighted by Crippen LogP contribution is 2.13. The first-order valence-electron chi connectivity index (χ1n) is 7.62. The van der Waals surface area contributed by atoms with Crippen LogP contribution in [0.1, 0.15) is 42.5 Å². The van der Waals surface area contributed by atoms with Crippen LogP contribution in [0.3, 0.4) is 0 Å². The fourth-order valence-electron chi connectivity index (χ4n) is 2.21. The summed E-state index contributed by atoms with van der Waals surface area (Å²) in [4.78, 5) is 12.1. The van der Waals surface area contributed by atoms with Crippen LogP contribution in [0.2, 0.25) is 0 Å². The number of benzene rings is 1. The van der Waals surface area contributed by atoms with Crippen LogP contribution in [-0.4, -0.2) is 22.7 Å². The Morgan fingerprint density at radius 3 is 2.91 bits per heavy atom. The summed E-state index contributed by atoms with van der Waals surface area (Å²) in [5, 5.41) is 9.85. The van der Waals surface area contributed by atoms with Crippen molar-refractivity contribution in [2.24, 2.45) is 5.92 Å². The number of aromatic amines is 1. The van der Waals surface area contributed by atoms with Gasteiger partial charge in [0.1, 0.15) is 11.4 Å². The number of ether oxygens (including phenoxy) is 1. The number of amides is 1. The molecule has 0 aliphatic rings. The summed E-state index contributed by atoms with van der Waals surface area (Å²) in [6.45, 7) is 7.28. The molecule has 5 heteroatoms. The quantitative estimate of drug-likeness (QED) is 0.826. The van der Waals surface area contributed by atoms with Crippen molar-refractivity contribution in [2.45, 2.75) is 33.7 Å². The molecule has 0 saturated carbocycles. The molecule has 0 radical (unpaired) electrons. The lowest BCUT2D eigenvalue weighted by atomic mass is 10.1. The van der Waals surface area contributed by atoms with Gasteiger partial charge in [-0.25, -0.2) is 0 Å². The van der Waals surface area contributed by atoms with Gasteiger partial charge in [-0.3, -0.25) is 9.89 Å². The van der Waals surface area contributed by atoms with Crippen LogP contribution in [0.15, 0.2) is 30.3 Å². The Labute approximate surface area is 131 Å². The maximum Gasteiger partial charge on any atom is 0.272 e. The van der Waals surface area contributed by atoms with E-state index in [1.165, 1.54) is 0 Å². The van der Waals surface area contributed by atoms with E-state index in [0.29, 0.717) is 24.8 Å². The van der Waals surface area contributed by atoms with Crippen molar-refractivity contribution in [3.8, 4) is 5.75 Å². The summed E-state index contributed by atoms with van der Waals surface area (Å²) in [6, 6.07) is 9.52. The Morgan fingerprint density at radius 1 is 1.36 bits per heavy atom. The highest BCUT2D eigenvalue weighted by molar-refractivity contribution is 5.92. The number of aromatic nitrogens is 2. The molecular weight excluding hydrogens is 278 g/mol. The van der Waals surface area contributed by atoms with E-state index < -0.39 is 0 Å². The van der Waals surface area contributed by atoms with Crippen LogP contribution >= 0.6 is 0 Å². The SMILES string of the molecule is CCOc1cccc(CNC(=O)c2cc(CC(C)C)[nH]n2)c1. The molecule has 1 aromatic carbocycles. The molecular formula is C17H23N3O2. The number of carbonyl (C=O) groups is 1. The van der Waals surface area contributed by atoms with Gasteiger partial charge in [-0.2, -0.15) is 5.10 Å². The lowest BCUT2D eigenvalue weighted by Gasteiger charge is -2.07. The molecule has 1 heterocycles. The van der Waals surface area contributed by atoms with Gasteiger partial charge in [-0.05, 0) is 43.0 Å². The van der Waals surface area contributed by atoms with Gasteiger partial charge in [-0.15, -0.1) is 0 Å². The molecule has 22 heavy (non-hydrogen) atoms. The minimum Gasteiger partial charge on any atom is -0.494 e. The van der Waals surface area contributed by atoms with Crippen LogP contribution in [0.5, 0.6) is 5.75 Å². The van der Waals surface area contributed by atoms with Gasteiger partial charge in [0.15, 0.2) is 0 Å². The minimum absolute atomic E-state index is 0.173. The number of hydrogen-bond donors (Lipinski definition) is 2. The van der Waals surface area contributed by atoms with E-state index >= 15 is 0 Å². The van der Waals surface area contributed by atoms with E-state index in [-0.39, 0.29) is 5.91 Å². The van der Waals surface area contributed by atoms with Crippen molar-refractivity contribution < 1.29 is 9.53 Å². The molecule has 1 aromatic heterocycles. The number of H-pyrrole nitrogens is 1. The average molecular weight is 301 g/mol. The highest BCUT2D eigenvalue weighted by Gasteiger charge is 2.11. The molecule has 0 fully saturated rings. The van der Waals surface area contributed by atoms with Crippen LogP contribution in [0.4, 0.5) is 0 Å². The highest BCUT2D eigenvalue weighted by atomic mass is 16.5. The van der Waals surface area contributed by atoms with Gasteiger partial charge in [-0.1, -0.05) is 26.0 Å². The van der Waals surface area contributed by atoms with Crippen LogP contribution in [-0.2, 0) is 13.0 Å². The standard InChI is InChI=1S/C17H23N3O2/c1-4-22-15-7-5-6-13(9-15)11-18-17(21)16-10-14(19-20-16)8-12(2)3/h5-7,9-10,12H,4,8,11H2,1-3H3,(H,18,21)(H,19,20). The minimum atomic E-state index is -0.173. The van der Waals surface area contributed by atoms with Crippen LogP contribution in [0.25, 0.3) is 0 Å². The van der Waals surface area contributed by atoms with E-state index in [4.69, 9.17) is 4.74 Å². The van der Waals surface area contributed by atoms with Gasteiger partial charge in [0.25, 0.3) is 5.91 Å². The zero-order chi connectivity index (χ0) is 15.9. The van der Waals surface area contributed by atoms with Crippen molar-refractivity contribution in [1.29, 1.82) is 0 Å². The number of carbonyl (C=O) groups excluding carboxylic acids is 1. The normalized spacial score (nSPS) is 10.7. The Hall–Kier alpha value is -2.30. The van der Waals surface area contributed by atoms with Crippen LogP contribution < -0.4 is 10.1 Å². The Balaban J connectivity index is 1.92. The molecule has 2 N–H and O–H groups in total. The Bertz CT molecular complexity index is 620. The zero-order valence-corrected chi connectivity index (χ0v) is 13.3. The number of hydrogen-bond acceptors (Lipinski definition) is 3. The van der Waals surface area contributed by atoms with E-state index in [9.17, 15) is 4.79 Å². The van der Waals surface area contributed by atoms with Crippen molar-refractivity contribution >= 4 is 5.91 Å². The van der Waals surface area contributed by atoms with Crippen molar-refractivity contribution in [3.05, 3.63) is 47.3 Å². The molecule has 5 nitrogen and oxygen atoms in total. The van der Waals surface area contributed by atoms with Gasteiger partial charge in [0.2, 0.25) is 0 Å². The third kappa shape index (κ3) is 4.62. The first-order valence-corrected chi connectivity index (χ1v) is 7.62. The molecule has 1 amide bonds. The topological polar surface area (TPSA) is 67.0 Å². The Kier molecular flexibility index (Phi) is 5.58. The summed E-state index contributed by atoms with van der Waals surface area (Å²) in [5.74, 6) is 1.17. The maximum absolute atomic E-state index is 12.1. The zero-order valence-electron chi connectivity index (χ0n) is 13.3. The summed E-state index contributed by atoms with van der Waals surface area (Å²) in [6.07, 6.45) is 0.886. The first-order chi connectivity index (χ1) is 10.6. The number of nitrogens with one attached hydrogen (secondary N) is 2. The van der Waals surface area contributed by atoms with Crippen molar-refractivity contribution in [3.63, 3.8) is 0 Å². The second-order valence-corrected chi connectivity index (χ2v) is 5.64. The molecule has 0 unspecified atom stereocenters. The van der Waals surface area contributed by atoms with Gasteiger partial charge < -0.3 is 10.1 Å². The van der Waals surface area contributed by atoms with E-state index in [1.54, 1.807) is 0 Å². The van der Waals surface area contributed by atoms with Crippen LogP contribution in [0, 0.1) is 5.92 Å². The largest absolute Gasteiger partial charge is 0.494 e. The smallest absolute Gasteiger partial charge is 0.272 e. The molecule has 0 atom stereocenters. The van der Waals surface area contributed by atoms with Gasteiger partial charge in [0, 0.05) is 12.2 Å². The molecule has 0 aliphatic carbocycles. The third-order valence-electron chi connectivity index (χ3n) is 3.15. The Morgan fingerprint density at radius 2 is 2.18 bits per heavy atom. The van der Waals surface area contributed by atoms with E-state index in [0.717, 1.165) is 23.4 Å². The van der Waals surface area contributed by atoms with E-state index in [2.05, 4.69) is 29.4 Å². The molecule has 2 aromatic rings. The lowest BCUT2D eigenvalue weighted by Crippen LogP contribution is -2.23. The first kappa shape index (κ1) is 16.1. The molecule has 0 aliphatic heterocycles. The monoisotopic (exact) mass is 301 g/mol. The van der Waals surface area contributed by atoms with E-state index in [1.807, 2.05) is 37.3 Å². The summed E-state index contributed by atoms with van der Waals surface area (Å²) in [5.41, 5.74) is 2.41. The number of nitrogens with zero attached hydrogens (tertiary/aromatic N) is 1. The van der Waals surface area contributed by atoms with Gasteiger partial charge in [0.05, 0.1) is 6.61 Å². The predicted molar refractivity (Wildman–Crippen MR) is 85.9 cm³/mol. The number of rotatable bonds is 7. The molecule has 0 spiro atoms. The summed E-state index contributed by atoms with van der Waals surface area (Å²) < 4.78 is 5.45. The molecule has 0 saturated heterocycles. The molecule has 0 bridgehead atoms. The fraction of sp³-hybridized carbons (Fsp3) is 0.412. The van der Waals surface area contributed by atoms with Gasteiger partial charge >= 0.3 is 0 Å². The second kappa shape index (κ2) is 7.64. The fourth-order valence-corrected chi connectivity index (χ4v) is 2.21. The van der Waals surface area contributed by atoms with Crippen molar-refractivity contribution in [1.82, 2.24) is 15.5 Å². The summed E-state index contributed by atoms with van der Waals surface area (Å²) in [7, 11) is 0. The lowest BCUT2D eigenvalue weighted by molar-refractivity contribution is 0.0946.